The van der Waals surface area contributed by atoms with Crippen molar-refractivity contribution in [2.24, 2.45) is 11.5 Å². The summed E-state index contributed by atoms with van der Waals surface area (Å²) in [5.41, 5.74) is 13.6. The predicted octanol–water partition coefficient (Wildman–Crippen LogP) is 3.41. The van der Waals surface area contributed by atoms with Crippen LogP contribution in [0.25, 0.3) is 0 Å². The molecule has 2 aromatic rings. The molecule has 0 aliphatic rings. The fourth-order valence-corrected chi connectivity index (χ4v) is 1.51. The molecule has 0 amide bonds. The van der Waals surface area contributed by atoms with E-state index in [0.717, 1.165) is 0 Å². The van der Waals surface area contributed by atoms with Gasteiger partial charge in [-0.15, -0.1) is 0 Å². The number of hydrogen-bond acceptors (Lipinski definition) is 2. The highest BCUT2D eigenvalue weighted by Gasteiger charge is 1.94. The third-order valence-corrected chi connectivity index (χ3v) is 2.65. The Balaban J connectivity index is 0.000000180. The van der Waals surface area contributed by atoms with Gasteiger partial charge in [0.1, 0.15) is 0 Å². The van der Waals surface area contributed by atoms with E-state index in [1.807, 2.05) is 74.5 Å². The molecule has 4 N–H and O–H groups in total. The zero-order valence-corrected chi connectivity index (χ0v) is 11.1. The summed E-state index contributed by atoms with van der Waals surface area (Å²) in [6, 6.07) is 20.4. The molecule has 0 aliphatic carbocycles. The lowest BCUT2D eigenvalue weighted by molar-refractivity contribution is 0.818. The van der Waals surface area contributed by atoms with Gasteiger partial charge in [-0.1, -0.05) is 60.7 Å². The van der Waals surface area contributed by atoms with Gasteiger partial charge in [0.05, 0.1) is 0 Å². The van der Waals surface area contributed by atoms with Gasteiger partial charge >= 0.3 is 0 Å². The molecule has 2 aromatic carbocycles. The first-order valence-corrected chi connectivity index (χ1v) is 6.22. The van der Waals surface area contributed by atoms with Crippen LogP contribution in [0.2, 0.25) is 0 Å². The van der Waals surface area contributed by atoms with E-state index in [2.05, 4.69) is 0 Å². The van der Waals surface area contributed by atoms with E-state index in [0.29, 0.717) is 0 Å². The summed E-state index contributed by atoms with van der Waals surface area (Å²) in [7, 11) is 0. The first kappa shape index (κ1) is 14.4. The lowest BCUT2D eigenvalue weighted by atomic mass is 10.1. The molecule has 2 atom stereocenters. The van der Waals surface area contributed by atoms with Crippen LogP contribution in [0.15, 0.2) is 60.7 Å². The Hall–Kier alpha value is -1.64. The van der Waals surface area contributed by atoms with E-state index in [1.165, 1.54) is 11.1 Å². The predicted molar refractivity (Wildman–Crippen MR) is 78.1 cm³/mol. The topological polar surface area (TPSA) is 52.0 Å². The Morgan fingerprint density at radius 2 is 0.889 bits per heavy atom. The maximum Gasteiger partial charge on any atom is 0.0266 e. The quantitative estimate of drug-likeness (QED) is 0.848. The van der Waals surface area contributed by atoms with Crippen molar-refractivity contribution in [3.8, 4) is 0 Å². The van der Waals surface area contributed by atoms with Crippen LogP contribution >= 0.6 is 0 Å². The molecule has 2 nitrogen and oxygen atoms in total. The van der Waals surface area contributed by atoms with Gasteiger partial charge < -0.3 is 11.5 Å². The van der Waals surface area contributed by atoms with Crippen LogP contribution < -0.4 is 11.5 Å². The average Bonchev–Trinajstić information content (AvgIpc) is 2.41. The smallest absolute Gasteiger partial charge is 0.0266 e. The summed E-state index contributed by atoms with van der Waals surface area (Å²) in [6.45, 7) is 3.96. The van der Waals surface area contributed by atoms with Crippen LogP contribution in [0.5, 0.6) is 0 Å². The second-order valence-electron chi connectivity index (χ2n) is 4.40. The van der Waals surface area contributed by atoms with Crippen molar-refractivity contribution in [3.63, 3.8) is 0 Å². The fraction of sp³-hybridized carbons (Fsp3) is 0.250. The molecule has 2 heteroatoms. The van der Waals surface area contributed by atoms with E-state index in [1.54, 1.807) is 0 Å². The van der Waals surface area contributed by atoms with Gasteiger partial charge in [-0.05, 0) is 25.0 Å². The third kappa shape index (κ3) is 5.13. The SMILES string of the molecule is C[C@@H](N)c1ccccc1.C[C@H](N)c1ccccc1. The van der Waals surface area contributed by atoms with Crippen LogP contribution in [-0.4, -0.2) is 0 Å². The van der Waals surface area contributed by atoms with Crippen molar-refractivity contribution < 1.29 is 0 Å². The highest BCUT2D eigenvalue weighted by atomic mass is 14.6. The van der Waals surface area contributed by atoms with E-state index in [-0.39, 0.29) is 12.1 Å². The van der Waals surface area contributed by atoms with Crippen LogP contribution in [0.4, 0.5) is 0 Å². The molecule has 0 heterocycles. The Kier molecular flexibility index (Phi) is 6.12. The highest BCUT2D eigenvalue weighted by Crippen LogP contribution is 2.07. The van der Waals surface area contributed by atoms with E-state index < -0.39 is 0 Å². The summed E-state index contributed by atoms with van der Waals surface area (Å²) in [5.74, 6) is 0. The molecular weight excluding hydrogens is 220 g/mol. The van der Waals surface area contributed by atoms with Gasteiger partial charge in [-0.3, -0.25) is 0 Å². The zero-order valence-electron chi connectivity index (χ0n) is 11.1. The van der Waals surface area contributed by atoms with Crippen molar-refractivity contribution >= 4 is 0 Å². The summed E-state index contributed by atoms with van der Waals surface area (Å²) in [6.07, 6.45) is 0. The summed E-state index contributed by atoms with van der Waals surface area (Å²) in [5, 5.41) is 0. The van der Waals surface area contributed by atoms with E-state index in [4.69, 9.17) is 11.5 Å². The standard InChI is InChI=1S/2C8H11N/c2*1-7(9)8-5-3-2-4-6-8/h2*2-7H,9H2,1H3/t2*7-/m10/s1. The van der Waals surface area contributed by atoms with Gasteiger partial charge in [0.15, 0.2) is 0 Å². The zero-order chi connectivity index (χ0) is 13.4. The van der Waals surface area contributed by atoms with Crippen molar-refractivity contribution in [1.29, 1.82) is 0 Å². The third-order valence-electron chi connectivity index (χ3n) is 2.65. The number of nitrogens with two attached hydrogens (primary N) is 2. The number of rotatable bonds is 2. The Labute approximate surface area is 110 Å². The largest absolute Gasteiger partial charge is 0.324 e. The van der Waals surface area contributed by atoms with Crippen molar-refractivity contribution in [2.45, 2.75) is 25.9 Å². The minimum absolute atomic E-state index is 0.159. The van der Waals surface area contributed by atoms with Crippen LogP contribution in [0.3, 0.4) is 0 Å². The monoisotopic (exact) mass is 242 g/mol. The Morgan fingerprint density at radius 1 is 0.611 bits per heavy atom. The number of benzene rings is 2. The van der Waals surface area contributed by atoms with Crippen molar-refractivity contribution in [3.05, 3.63) is 71.8 Å². The Bertz CT molecular complexity index is 378. The molecular formula is C16H22N2. The minimum Gasteiger partial charge on any atom is -0.324 e. The van der Waals surface area contributed by atoms with Gasteiger partial charge in [0, 0.05) is 12.1 Å². The minimum atomic E-state index is 0.159. The Morgan fingerprint density at radius 3 is 1.06 bits per heavy atom. The molecule has 0 saturated heterocycles. The molecule has 0 saturated carbocycles. The van der Waals surface area contributed by atoms with Crippen LogP contribution in [0, 0.1) is 0 Å². The molecule has 0 fully saturated rings. The molecule has 0 radical (unpaired) electrons. The molecule has 0 aromatic heterocycles. The van der Waals surface area contributed by atoms with Gasteiger partial charge in [0.2, 0.25) is 0 Å². The molecule has 2 rings (SSSR count). The van der Waals surface area contributed by atoms with E-state index >= 15 is 0 Å². The molecule has 18 heavy (non-hydrogen) atoms. The molecule has 0 bridgehead atoms. The second kappa shape index (κ2) is 7.64. The lowest BCUT2D eigenvalue weighted by Gasteiger charge is -2.02. The highest BCUT2D eigenvalue weighted by molar-refractivity contribution is 5.17. The lowest BCUT2D eigenvalue weighted by Crippen LogP contribution is -2.03. The second-order valence-corrected chi connectivity index (χ2v) is 4.40. The van der Waals surface area contributed by atoms with Crippen LogP contribution in [-0.2, 0) is 0 Å². The fourth-order valence-electron chi connectivity index (χ4n) is 1.51. The summed E-state index contributed by atoms with van der Waals surface area (Å²) in [4.78, 5) is 0. The maximum absolute atomic E-state index is 5.61. The maximum atomic E-state index is 5.61. The van der Waals surface area contributed by atoms with E-state index in [9.17, 15) is 0 Å². The molecule has 0 spiro atoms. The number of hydrogen-bond donors (Lipinski definition) is 2. The summed E-state index contributed by atoms with van der Waals surface area (Å²) < 4.78 is 0. The first-order chi connectivity index (χ1) is 8.61. The van der Waals surface area contributed by atoms with Crippen LogP contribution in [0.1, 0.15) is 37.1 Å². The summed E-state index contributed by atoms with van der Waals surface area (Å²) >= 11 is 0. The van der Waals surface area contributed by atoms with Crippen molar-refractivity contribution in [1.82, 2.24) is 0 Å². The molecule has 96 valence electrons. The molecule has 0 aliphatic heterocycles. The van der Waals surface area contributed by atoms with Gasteiger partial charge in [-0.2, -0.15) is 0 Å². The van der Waals surface area contributed by atoms with Gasteiger partial charge in [-0.25, -0.2) is 0 Å². The normalized spacial score (nSPS) is 13.1. The first-order valence-electron chi connectivity index (χ1n) is 6.22. The molecule has 0 unspecified atom stereocenters. The van der Waals surface area contributed by atoms with Crippen molar-refractivity contribution in [2.75, 3.05) is 0 Å². The van der Waals surface area contributed by atoms with Gasteiger partial charge in [0.25, 0.3) is 0 Å². The average molecular weight is 242 g/mol.